The van der Waals surface area contributed by atoms with Crippen LogP contribution in [0.25, 0.3) is 11.0 Å². The minimum Gasteiger partial charge on any atom is -0.331 e. The number of hydrogen-bond donors (Lipinski definition) is 1. The van der Waals surface area contributed by atoms with Gasteiger partial charge in [0.15, 0.2) is 0 Å². The Balaban J connectivity index is 1.80. The Bertz CT molecular complexity index is 744. The van der Waals surface area contributed by atoms with Gasteiger partial charge in [-0.1, -0.05) is 12.1 Å². The summed E-state index contributed by atoms with van der Waals surface area (Å²) in [6, 6.07) is 8.63. The van der Waals surface area contributed by atoms with Crippen molar-refractivity contribution in [3.63, 3.8) is 0 Å². The van der Waals surface area contributed by atoms with Gasteiger partial charge in [0.05, 0.1) is 16.0 Å². The predicted octanol–water partition coefficient (Wildman–Crippen LogP) is 2.71. The van der Waals surface area contributed by atoms with Crippen LogP contribution in [0.1, 0.15) is 16.5 Å². The Labute approximate surface area is 128 Å². The minimum absolute atomic E-state index is 0.353. The molecule has 1 N–H and O–H groups in total. The van der Waals surface area contributed by atoms with Crippen LogP contribution in [0.15, 0.2) is 29.6 Å². The van der Waals surface area contributed by atoms with Crippen molar-refractivity contribution in [1.29, 1.82) is 0 Å². The summed E-state index contributed by atoms with van der Waals surface area (Å²) < 4.78 is 2.19. The van der Waals surface area contributed by atoms with Crippen LogP contribution in [0.3, 0.4) is 0 Å². The first-order valence-electron chi connectivity index (χ1n) is 7.16. The van der Waals surface area contributed by atoms with Gasteiger partial charge >= 0.3 is 0 Å². The van der Waals surface area contributed by atoms with Gasteiger partial charge in [-0.3, -0.25) is 0 Å². The average molecular weight is 300 g/mol. The van der Waals surface area contributed by atoms with E-state index >= 15 is 0 Å². The fourth-order valence-electron chi connectivity index (χ4n) is 2.58. The van der Waals surface area contributed by atoms with Gasteiger partial charge in [0.1, 0.15) is 5.82 Å². The summed E-state index contributed by atoms with van der Waals surface area (Å²) in [5.74, 6) is 1.11. The van der Waals surface area contributed by atoms with Crippen molar-refractivity contribution in [2.24, 2.45) is 7.05 Å². The van der Waals surface area contributed by atoms with E-state index in [1.807, 2.05) is 20.0 Å². The number of fused-ring (bicyclic) bond motifs is 1. The van der Waals surface area contributed by atoms with Crippen molar-refractivity contribution in [2.75, 3.05) is 7.05 Å². The van der Waals surface area contributed by atoms with Gasteiger partial charge in [0, 0.05) is 37.0 Å². The van der Waals surface area contributed by atoms with Gasteiger partial charge in [-0.05, 0) is 26.1 Å². The summed E-state index contributed by atoms with van der Waals surface area (Å²) >= 11 is 1.73. The lowest BCUT2D eigenvalue weighted by Crippen LogP contribution is -2.30. The summed E-state index contributed by atoms with van der Waals surface area (Å²) in [4.78, 5) is 9.31. The molecule has 0 bridgehead atoms. The molecule has 5 heteroatoms. The van der Waals surface area contributed by atoms with Gasteiger partial charge in [-0.2, -0.15) is 0 Å². The van der Waals surface area contributed by atoms with E-state index in [0.717, 1.165) is 29.9 Å². The zero-order valence-corrected chi connectivity index (χ0v) is 13.4. The number of imidazole rings is 1. The number of thiazole rings is 1. The molecular formula is C16H20N4S. The highest BCUT2D eigenvalue weighted by Gasteiger charge is 2.15. The largest absolute Gasteiger partial charge is 0.331 e. The molecule has 1 atom stereocenters. The predicted molar refractivity (Wildman–Crippen MR) is 87.8 cm³/mol. The lowest BCUT2D eigenvalue weighted by atomic mass is 10.1. The molecule has 1 unspecified atom stereocenters. The van der Waals surface area contributed by atoms with Crippen molar-refractivity contribution in [1.82, 2.24) is 19.9 Å². The second kappa shape index (κ2) is 5.95. The Kier molecular flexibility index (Phi) is 4.03. The number of aromatic nitrogens is 3. The molecule has 0 amide bonds. The number of para-hydroxylation sites is 2. The fourth-order valence-corrected chi connectivity index (χ4v) is 3.44. The molecule has 1 aromatic carbocycles. The van der Waals surface area contributed by atoms with Crippen LogP contribution in [0.2, 0.25) is 0 Å². The summed E-state index contributed by atoms with van der Waals surface area (Å²) in [6.07, 6.45) is 1.85. The van der Waals surface area contributed by atoms with Crippen LogP contribution in [0.4, 0.5) is 0 Å². The van der Waals surface area contributed by atoms with Gasteiger partial charge in [0.2, 0.25) is 0 Å². The summed E-state index contributed by atoms with van der Waals surface area (Å²) in [5, 5.41) is 6.69. The number of aryl methyl sites for hydroxylation is 2. The van der Waals surface area contributed by atoms with Crippen molar-refractivity contribution < 1.29 is 0 Å². The van der Waals surface area contributed by atoms with Crippen LogP contribution in [-0.4, -0.2) is 27.6 Å². The quantitative estimate of drug-likeness (QED) is 0.788. The summed E-state index contributed by atoms with van der Waals surface area (Å²) in [5.41, 5.74) is 3.36. The number of benzene rings is 1. The lowest BCUT2D eigenvalue weighted by molar-refractivity contribution is 0.534. The molecule has 3 rings (SSSR count). The Morgan fingerprint density at radius 1 is 1.24 bits per heavy atom. The van der Waals surface area contributed by atoms with Gasteiger partial charge in [0.25, 0.3) is 0 Å². The summed E-state index contributed by atoms with van der Waals surface area (Å²) in [6.45, 7) is 2.04. The number of rotatable bonds is 5. The number of likely N-dealkylation sites (N-methyl/N-ethyl adjacent to an activating group) is 1. The van der Waals surface area contributed by atoms with E-state index in [4.69, 9.17) is 4.98 Å². The van der Waals surface area contributed by atoms with Gasteiger partial charge in [-0.15, -0.1) is 11.3 Å². The highest BCUT2D eigenvalue weighted by molar-refractivity contribution is 7.09. The molecule has 2 heterocycles. The Morgan fingerprint density at radius 2 is 2.05 bits per heavy atom. The second-order valence-corrected chi connectivity index (χ2v) is 6.29. The van der Waals surface area contributed by atoms with Crippen LogP contribution in [0.5, 0.6) is 0 Å². The van der Waals surface area contributed by atoms with Crippen molar-refractivity contribution in [3.8, 4) is 0 Å². The number of hydrogen-bond acceptors (Lipinski definition) is 4. The first-order valence-corrected chi connectivity index (χ1v) is 8.04. The third-order valence-corrected chi connectivity index (χ3v) is 4.79. The number of nitrogens with one attached hydrogen (secondary N) is 1. The summed E-state index contributed by atoms with van der Waals surface area (Å²) in [7, 11) is 4.10. The van der Waals surface area contributed by atoms with E-state index in [2.05, 4.69) is 45.5 Å². The van der Waals surface area contributed by atoms with Gasteiger partial charge in [-0.25, -0.2) is 9.97 Å². The molecule has 4 nitrogen and oxygen atoms in total. The van der Waals surface area contributed by atoms with Crippen molar-refractivity contribution in [2.45, 2.75) is 25.8 Å². The van der Waals surface area contributed by atoms with Crippen LogP contribution >= 0.6 is 11.3 Å². The second-order valence-electron chi connectivity index (χ2n) is 5.35. The Hall–Kier alpha value is -1.72. The third kappa shape index (κ3) is 2.99. The molecule has 0 fully saturated rings. The molecule has 0 spiro atoms. The first-order chi connectivity index (χ1) is 10.2. The van der Waals surface area contributed by atoms with Crippen molar-refractivity contribution in [3.05, 3.63) is 46.2 Å². The van der Waals surface area contributed by atoms with Crippen LogP contribution < -0.4 is 5.32 Å². The molecular weight excluding hydrogens is 280 g/mol. The van der Waals surface area contributed by atoms with E-state index in [1.54, 1.807) is 11.3 Å². The molecule has 110 valence electrons. The monoisotopic (exact) mass is 300 g/mol. The molecule has 0 saturated heterocycles. The standard InChI is InChI=1S/C16H20N4S/c1-11-10-21-16(18-11)9-12(17-2)8-15-19-13-6-4-5-7-14(13)20(15)3/h4-7,10,12,17H,8-9H2,1-3H3. The van der Waals surface area contributed by atoms with E-state index in [0.29, 0.717) is 6.04 Å². The zero-order chi connectivity index (χ0) is 14.8. The lowest BCUT2D eigenvalue weighted by Gasteiger charge is -2.14. The minimum atomic E-state index is 0.353. The molecule has 0 aliphatic carbocycles. The van der Waals surface area contributed by atoms with Gasteiger partial charge < -0.3 is 9.88 Å². The maximum atomic E-state index is 4.75. The highest BCUT2D eigenvalue weighted by Crippen LogP contribution is 2.17. The third-order valence-electron chi connectivity index (χ3n) is 3.80. The highest BCUT2D eigenvalue weighted by atomic mass is 32.1. The van der Waals surface area contributed by atoms with Crippen LogP contribution in [-0.2, 0) is 19.9 Å². The molecule has 0 radical (unpaired) electrons. The molecule has 0 aliphatic heterocycles. The normalized spacial score (nSPS) is 12.9. The zero-order valence-electron chi connectivity index (χ0n) is 12.6. The SMILES string of the molecule is CNC(Cc1nc(C)cs1)Cc1nc2ccccc2n1C. The molecule has 0 saturated carbocycles. The first kappa shape index (κ1) is 14.2. The molecule has 21 heavy (non-hydrogen) atoms. The average Bonchev–Trinajstić information content (AvgIpc) is 3.03. The van der Waals surface area contributed by atoms with E-state index in [-0.39, 0.29) is 0 Å². The molecule has 3 aromatic rings. The maximum Gasteiger partial charge on any atom is 0.111 e. The van der Waals surface area contributed by atoms with E-state index in [9.17, 15) is 0 Å². The fraction of sp³-hybridized carbons (Fsp3) is 0.375. The van der Waals surface area contributed by atoms with Crippen LogP contribution in [0, 0.1) is 6.92 Å². The van der Waals surface area contributed by atoms with E-state index < -0.39 is 0 Å². The molecule has 2 aromatic heterocycles. The maximum absolute atomic E-state index is 4.75. The molecule has 0 aliphatic rings. The smallest absolute Gasteiger partial charge is 0.111 e. The Morgan fingerprint density at radius 3 is 2.71 bits per heavy atom. The van der Waals surface area contributed by atoms with E-state index in [1.165, 1.54) is 10.5 Å². The number of nitrogens with zero attached hydrogens (tertiary/aromatic N) is 3. The topological polar surface area (TPSA) is 42.7 Å². The van der Waals surface area contributed by atoms with Crippen molar-refractivity contribution >= 4 is 22.4 Å².